The maximum atomic E-state index is 4.59. The monoisotopic (exact) mass is 277 g/mol. The Hall–Kier alpha value is -1.65. The number of hydrogen-bond donors (Lipinski definition) is 1. The topological polar surface area (TPSA) is 53.4 Å². The highest BCUT2D eigenvalue weighted by Crippen LogP contribution is 2.24. The summed E-state index contributed by atoms with van der Waals surface area (Å²) in [5.74, 6) is 1.47. The highest BCUT2D eigenvalue weighted by Gasteiger charge is 2.10. The molecule has 0 radical (unpaired) electrons. The zero-order chi connectivity index (χ0) is 15.0. The van der Waals surface area contributed by atoms with Crippen molar-refractivity contribution < 1.29 is 0 Å². The van der Waals surface area contributed by atoms with Crippen LogP contribution in [-0.4, -0.2) is 35.3 Å². The zero-order valence-electron chi connectivity index (χ0n) is 13.3. The molecule has 0 bridgehead atoms. The van der Waals surface area contributed by atoms with Gasteiger partial charge in [0, 0.05) is 25.3 Å². The summed E-state index contributed by atoms with van der Waals surface area (Å²) in [7, 11) is 0. The molecule has 0 atom stereocenters. The van der Waals surface area contributed by atoms with E-state index >= 15 is 0 Å². The predicted octanol–water partition coefficient (Wildman–Crippen LogP) is 3.65. The highest BCUT2D eigenvalue weighted by molar-refractivity contribution is 5.70. The smallest absolute Gasteiger partial charge is 0.227 e. The largest absolute Gasteiger partial charge is 0.379 e. The lowest BCUT2D eigenvalue weighted by Crippen LogP contribution is -2.24. The van der Waals surface area contributed by atoms with E-state index in [4.69, 9.17) is 0 Å². The van der Waals surface area contributed by atoms with Crippen molar-refractivity contribution in [2.75, 3.05) is 23.3 Å². The van der Waals surface area contributed by atoms with Crippen molar-refractivity contribution in [1.29, 1.82) is 0 Å². The first-order valence-electron chi connectivity index (χ1n) is 7.53. The number of aliphatic imine (C=N–C) groups is 1. The molecule has 0 saturated carbocycles. The first-order chi connectivity index (χ1) is 9.62. The molecule has 0 aliphatic rings. The Labute approximate surface area is 122 Å². The summed E-state index contributed by atoms with van der Waals surface area (Å²) in [5.41, 5.74) is 0.892. The van der Waals surface area contributed by atoms with Crippen LogP contribution in [0.5, 0.6) is 0 Å². The number of hydrogen-bond acceptors (Lipinski definition) is 5. The maximum Gasteiger partial charge on any atom is 0.227 e. The molecule has 0 amide bonds. The van der Waals surface area contributed by atoms with E-state index in [0.29, 0.717) is 6.04 Å². The van der Waals surface area contributed by atoms with Crippen molar-refractivity contribution >= 4 is 23.7 Å². The number of nitrogens with zero attached hydrogens (tertiary/aromatic N) is 4. The summed E-state index contributed by atoms with van der Waals surface area (Å²) in [6, 6.07) is 0.332. The molecule has 0 aliphatic heterocycles. The molecule has 112 valence electrons. The van der Waals surface area contributed by atoms with Gasteiger partial charge in [-0.05, 0) is 34.1 Å². The molecule has 0 unspecified atom stereocenters. The molecule has 20 heavy (non-hydrogen) atoms. The minimum atomic E-state index is 0.332. The van der Waals surface area contributed by atoms with Gasteiger partial charge in [0.15, 0.2) is 5.82 Å². The van der Waals surface area contributed by atoms with Gasteiger partial charge in [-0.3, -0.25) is 0 Å². The van der Waals surface area contributed by atoms with Gasteiger partial charge < -0.3 is 10.2 Å². The normalized spacial score (nSPS) is 11.3. The molecule has 0 saturated heterocycles. The molecule has 1 heterocycles. The van der Waals surface area contributed by atoms with Gasteiger partial charge in [-0.1, -0.05) is 13.3 Å². The third kappa shape index (κ3) is 4.79. The minimum Gasteiger partial charge on any atom is -0.379 e. The fourth-order valence-electron chi connectivity index (χ4n) is 1.81. The van der Waals surface area contributed by atoms with E-state index in [1.165, 1.54) is 0 Å². The van der Waals surface area contributed by atoms with Crippen molar-refractivity contribution in [3.8, 4) is 0 Å². The molecular weight excluding hydrogens is 250 g/mol. The van der Waals surface area contributed by atoms with Crippen LogP contribution in [-0.2, 0) is 0 Å². The van der Waals surface area contributed by atoms with Crippen LogP contribution in [0.4, 0.5) is 17.5 Å². The molecule has 1 aromatic heterocycles. The number of anilines is 2. The Bertz CT molecular complexity index is 424. The van der Waals surface area contributed by atoms with Gasteiger partial charge in [0.1, 0.15) is 0 Å². The van der Waals surface area contributed by atoms with Crippen LogP contribution in [0.1, 0.15) is 47.5 Å². The Morgan fingerprint density at radius 2 is 2.00 bits per heavy atom. The van der Waals surface area contributed by atoms with Crippen LogP contribution >= 0.6 is 0 Å². The second kappa shape index (κ2) is 8.51. The molecule has 5 nitrogen and oxygen atoms in total. The van der Waals surface area contributed by atoms with Gasteiger partial charge >= 0.3 is 0 Å². The fraction of sp³-hybridized carbons (Fsp3) is 0.667. The van der Waals surface area contributed by atoms with Crippen LogP contribution in [0.15, 0.2) is 11.2 Å². The van der Waals surface area contributed by atoms with E-state index in [0.717, 1.165) is 43.4 Å². The maximum absolute atomic E-state index is 4.59. The van der Waals surface area contributed by atoms with E-state index in [1.54, 1.807) is 0 Å². The lowest BCUT2D eigenvalue weighted by atomic mass is 10.3. The number of rotatable bonds is 8. The van der Waals surface area contributed by atoms with Crippen molar-refractivity contribution in [2.24, 2.45) is 4.99 Å². The standard InChI is InChI=1S/C15H27N5/c1-6-9-10-16-14-13(18-12(4)5)11-17-15(19-14)20(7-2)8-3/h10-12,18H,6-9H2,1-5H3. The number of aromatic nitrogens is 2. The summed E-state index contributed by atoms with van der Waals surface area (Å²) in [6.07, 6.45) is 5.81. The van der Waals surface area contributed by atoms with Gasteiger partial charge in [-0.2, -0.15) is 4.98 Å². The summed E-state index contributed by atoms with van der Waals surface area (Å²) in [5, 5.41) is 3.35. The van der Waals surface area contributed by atoms with Gasteiger partial charge in [0.25, 0.3) is 0 Å². The van der Waals surface area contributed by atoms with E-state index in [2.05, 4.69) is 59.8 Å². The van der Waals surface area contributed by atoms with E-state index < -0.39 is 0 Å². The van der Waals surface area contributed by atoms with Crippen molar-refractivity contribution in [1.82, 2.24) is 9.97 Å². The first-order valence-corrected chi connectivity index (χ1v) is 7.53. The molecule has 5 heteroatoms. The zero-order valence-corrected chi connectivity index (χ0v) is 13.3. The molecule has 1 aromatic rings. The second-order valence-corrected chi connectivity index (χ2v) is 4.98. The van der Waals surface area contributed by atoms with Crippen LogP contribution < -0.4 is 10.2 Å². The second-order valence-electron chi connectivity index (χ2n) is 4.98. The van der Waals surface area contributed by atoms with E-state index in [9.17, 15) is 0 Å². The highest BCUT2D eigenvalue weighted by atomic mass is 15.3. The summed E-state index contributed by atoms with van der Waals surface area (Å²) < 4.78 is 0. The predicted molar refractivity (Wildman–Crippen MR) is 87.4 cm³/mol. The lowest BCUT2D eigenvalue weighted by molar-refractivity contribution is 0.819. The van der Waals surface area contributed by atoms with Crippen molar-refractivity contribution in [3.05, 3.63) is 6.20 Å². The quantitative estimate of drug-likeness (QED) is 0.737. The van der Waals surface area contributed by atoms with Gasteiger partial charge in [-0.15, -0.1) is 0 Å². The SMILES string of the molecule is CCCC=Nc1nc(N(CC)CC)ncc1NC(C)C. The summed E-state index contributed by atoms with van der Waals surface area (Å²) in [4.78, 5) is 15.7. The summed E-state index contributed by atoms with van der Waals surface area (Å²) >= 11 is 0. The average Bonchev–Trinajstić information content (AvgIpc) is 2.42. The van der Waals surface area contributed by atoms with E-state index in [1.807, 2.05) is 12.4 Å². The van der Waals surface area contributed by atoms with Gasteiger partial charge in [0.2, 0.25) is 5.95 Å². The molecule has 0 fully saturated rings. The van der Waals surface area contributed by atoms with Crippen molar-refractivity contribution in [2.45, 2.75) is 53.5 Å². The lowest BCUT2D eigenvalue weighted by Gasteiger charge is -2.20. The molecule has 1 N–H and O–H groups in total. The average molecular weight is 277 g/mol. The number of nitrogens with one attached hydrogen (secondary N) is 1. The fourth-order valence-corrected chi connectivity index (χ4v) is 1.81. The minimum absolute atomic E-state index is 0.332. The summed E-state index contributed by atoms with van der Waals surface area (Å²) in [6.45, 7) is 12.3. The Kier molecular flexibility index (Phi) is 6.98. The molecule has 0 aromatic carbocycles. The molecular formula is C15H27N5. The van der Waals surface area contributed by atoms with E-state index in [-0.39, 0.29) is 0 Å². The van der Waals surface area contributed by atoms with Crippen molar-refractivity contribution in [3.63, 3.8) is 0 Å². The van der Waals surface area contributed by atoms with Crippen LogP contribution in [0.25, 0.3) is 0 Å². The Balaban J connectivity index is 3.06. The first kappa shape index (κ1) is 16.4. The van der Waals surface area contributed by atoms with Crippen LogP contribution in [0.2, 0.25) is 0 Å². The van der Waals surface area contributed by atoms with Gasteiger partial charge in [0.05, 0.1) is 11.9 Å². The third-order valence-corrected chi connectivity index (χ3v) is 2.88. The molecule has 1 rings (SSSR count). The molecule has 0 aliphatic carbocycles. The van der Waals surface area contributed by atoms with Gasteiger partial charge in [-0.25, -0.2) is 9.98 Å². The van der Waals surface area contributed by atoms with Crippen LogP contribution in [0, 0.1) is 0 Å². The Morgan fingerprint density at radius 1 is 1.30 bits per heavy atom. The number of unbranched alkanes of at least 4 members (excludes halogenated alkanes) is 1. The Morgan fingerprint density at radius 3 is 2.55 bits per heavy atom. The van der Waals surface area contributed by atoms with Crippen LogP contribution in [0.3, 0.4) is 0 Å². The third-order valence-electron chi connectivity index (χ3n) is 2.88. The molecule has 0 spiro atoms.